The van der Waals surface area contributed by atoms with Crippen molar-refractivity contribution in [1.29, 1.82) is 0 Å². The van der Waals surface area contributed by atoms with Crippen LogP contribution in [0.25, 0.3) is 0 Å². The number of nitrogens with zero attached hydrogens (tertiary/aromatic N) is 2. The average Bonchev–Trinajstić information content (AvgIpc) is 2.17. The summed E-state index contributed by atoms with van der Waals surface area (Å²) in [5, 5.41) is 0. The van der Waals surface area contributed by atoms with Crippen molar-refractivity contribution in [2.24, 2.45) is 0 Å². The second-order valence-electron chi connectivity index (χ2n) is 3.06. The second kappa shape index (κ2) is 1.25. The Morgan fingerprint density at radius 2 is 2.25 bits per heavy atom. The van der Waals surface area contributed by atoms with E-state index < -0.39 is 0 Å². The third-order valence-electron chi connectivity index (χ3n) is 2.56. The van der Waals surface area contributed by atoms with Crippen LogP contribution >= 0.6 is 0 Å². The molecule has 0 spiro atoms. The first kappa shape index (κ1) is 4.77. The summed E-state index contributed by atoms with van der Waals surface area (Å²) in [6.07, 6.45) is 0. The van der Waals surface area contributed by atoms with Gasteiger partial charge in [-0.25, -0.2) is 4.90 Å². The molecule has 3 saturated heterocycles. The van der Waals surface area contributed by atoms with Crippen molar-refractivity contribution in [3.8, 4) is 0 Å². The lowest BCUT2D eigenvalue weighted by Gasteiger charge is -2.41. The van der Waals surface area contributed by atoms with E-state index in [4.69, 9.17) is 0 Å². The number of fused-ring (bicyclic) bond motifs is 1. The first-order chi connectivity index (χ1) is 3.85. The van der Waals surface area contributed by atoms with E-state index >= 15 is 0 Å². The van der Waals surface area contributed by atoms with Crippen LogP contribution in [0, 0.1) is 0 Å². The highest BCUT2D eigenvalue weighted by Crippen LogP contribution is 2.26. The van der Waals surface area contributed by atoms with Gasteiger partial charge in [0.1, 0.15) is 13.3 Å². The maximum absolute atomic E-state index is 2.52. The van der Waals surface area contributed by atoms with Crippen LogP contribution in [0.3, 0.4) is 0 Å². The fourth-order valence-corrected chi connectivity index (χ4v) is 1.80. The van der Waals surface area contributed by atoms with E-state index in [0.717, 1.165) is 0 Å². The Morgan fingerprint density at radius 3 is 2.50 bits per heavy atom. The summed E-state index contributed by atoms with van der Waals surface area (Å²) in [5.41, 5.74) is 0. The van der Waals surface area contributed by atoms with Crippen LogP contribution in [0.4, 0.5) is 0 Å². The molecule has 3 rings (SSSR count). The van der Waals surface area contributed by atoms with E-state index in [1.54, 1.807) is 0 Å². The number of hydrogen-bond donors (Lipinski definition) is 0. The standard InChI is InChI=1S/C6H13N2/c1-2-8-4-3-7(5-8)6-8/h2-6H2,1H3/q+1. The highest BCUT2D eigenvalue weighted by molar-refractivity contribution is 4.66. The molecule has 0 aromatic rings. The van der Waals surface area contributed by atoms with Crippen molar-refractivity contribution in [2.75, 3.05) is 33.0 Å². The van der Waals surface area contributed by atoms with Gasteiger partial charge >= 0.3 is 0 Å². The minimum atomic E-state index is 1.34. The lowest BCUT2D eigenvalue weighted by molar-refractivity contribution is -0.965. The molecule has 0 radical (unpaired) electrons. The molecular formula is C6H13N2+. The molecule has 2 nitrogen and oxygen atoms in total. The monoisotopic (exact) mass is 113 g/mol. The normalized spacial score (nSPS) is 51.4. The fraction of sp³-hybridized carbons (Fsp3) is 1.00. The Morgan fingerprint density at radius 1 is 1.50 bits per heavy atom. The summed E-state index contributed by atoms with van der Waals surface area (Å²) in [7, 11) is 0. The number of quaternary nitrogens is 1. The molecule has 0 N–H and O–H groups in total. The zero-order chi connectivity index (χ0) is 5.61. The average molecular weight is 113 g/mol. The number of hydrogen-bond acceptors (Lipinski definition) is 1. The molecule has 3 fully saturated rings. The minimum absolute atomic E-state index is 1.34. The number of likely N-dealkylation sites (N-methyl/N-ethyl adjacent to an activating group) is 1. The molecular weight excluding hydrogens is 100 g/mol. The Kier molecular flexibility index (Phi) is 0.746. The van der Waals surface area contributed by atoms with Crippen LogP contribution in [0.5, 0.6) is 0 Å². The van der Waals surface area contributed by atoms with Crippen LogP contribution < -0.4 is 0 Å². The van der Waals surface area contributed by atoms with Crippen molar-refractivity contribution in [3.63, 3.8) is 0 Å². The van der Waals surface area contributed by atoms with Gasteiger partial charge in [0.25, 0.3) is 0 Å². The van der Waals surface area contributed by atoms with Gasteiger partial charge in [-0.3, -0.25) is 4.48 Å². The van der Waals surface area contributed by atoms with Crippen molar-refractivity contribution in [3.05, 3.63) is 0 Å². The molecule has 8 heavy (non-hydrogen) atoms. The van der Waals surface area contributed by atoms with Gasteiger partial charge in [0.15, 0.2) is 0 Å². The first-order valence-corrected chi connectivity index (χ1v) is 3.42. The summed E-state index contributed by atoms with van der Waals surface area (Å²) in [6.45, 7) is 9.09. The van der Waals surface area contributed by atoms with Crippen molar-refractivity contribution < 1.29 is 4.48 Å². The van der Waals surface area contributed by atoms with Gasteiger partial charge in [-0.1, -0.05) is 0 Å². The molecule has 0 aromatic carbocycles. The van der Waals surface area contributed by atoms with Gasteiger partial charge < -0.3 is 0 Å². The van der Waals surface area contributed by atoms with Crippen molar-refractivity contribution in [2.45, 2.75) is 6.92 Å². The van der Waals surface area contributed by atoms with E-state index in [2.05, 4.69) is 11.8 Å². The van der Waals surface area contributed by atoms with E-state index in [-0.39, 0.29) is 0 Å². The molecule has 0 amide bonds. The first-order valence-electron chi connectivity index (χ1n) is 3.42. The number of rotatable bonds is 1. The predicted molar refractivity (Wildman–Crippen MR) is 32.1 cm³/mol. The van der Waals surface area contributed by atoms with Crippen LogP contribution in [-0.4, -0.2) is 42.4 Å². The minimum Gasteiger partial charge on any atom is -0.297 e. The second-order valence-corrected chi connectivity index (χ2v) is 3.06. The summed E-state index contributed by atoms with van der Waals surface area (Å²) in [5.74, 6) is 0. The lowest BCUT2D eigenvalue weighted by Crippen LogP contribution is -2.59. The molecule has 2 bridgehead atoms. The quantitative estimate of drug-likeness (QED) is 0.435. The van der Waals surface area contributed by atoms with E-state index in [0.29, 0.717) is 0 Å². The van der Waals surface area contributed by atoms with Crippen molar-refractivity contribution >= 4 is 0 Å². The van der Waals surface area contributed by atoms with E-state index in [1.165, 1.54) is 37.5 Å². The van der Waals surface area contributed by atoms with E-state index in [9.17, 15) is 0 Å². The highest BCUT2D eigenvalue weighted by atomic mass is 15.7. The SMILES string of the molecule is CC[N+]12CCN(C1)C2. The summed E-state index contributed by atoms with van der Waals surface area (Å²) in [6, 6.07) is 0. The Labute approximate surface area is 50.3 Å². The Balaban J connectivity index is 2.09. The predicted octanol–water partition coefficient (Wildman–Crippen LogP) is 0.0673. The molecule has 3 aliphatic rings. The van der Waals surface area contributed by atoms with E-state index in [1.807, 2.05) is 0 Å². The molecule has 0 unspecified atom stereocenters. The highest BCUT2D eigenvalue weighted by Gasteiger charge is 2.47. The van der Waals surface area contributed by atoms with Crippen LogP contribution in [0.1, 0.15) is 6.92 Å². The van der Waals surface area contributed by atoms with Crippen LogP contribution in [0.15, 0.2) is 0 Å². The largest absolute Gasteiger partial charge is 0.297 e. The summed E-state index contributed by atoms with van der Waals surface area (Å²) >= 11 is 0. The molecule has 3 heterocycles. The molecule has 0 aromatic heterocycles. The van der Waals surface area contributed by atoms with Gasteiger partial charge in [-0.2, -0.15) is 0 Å². The molecule has 3 aliphatic heterocycles. The molecule has 46 valence electrons. The van der Waals surface area contributed by atoms with Gasteiger partial charge in [-0.05, 0) is 6.92 Å². The Hall–Kier alpha value is -0.0800. The third-order valence-corrected chi connectivity index (χ3v) is 2.56. The fourth-order valence-electron chi connectivity index (χ4n) is 1.80. The summed E-state index contributed by atoms with van der Waals surface area (Å²) < 4.78 is 1.39. The lowest BCUT2D eigenvalue weighted by atomic mass is 10.4. The van der Waals surface area contributed by atoms with Gasteiger partial charge in [-0.15, -0.1) is 0 Å². The van der Waals surface area contributed by atoms with Crippen molar-refractivity contribution in [1.82, 2.24) is 4.90 Å². The maximum Gasteiger partial charge on any atom is 0.140 e. The zero-order valence-electron chi connectivity index (χ0n) is 5.43. The molecule has 0 aliphatic carbocycles. The third kappa shape index (κ3) is 0.400. The molecule has 0 saturated carbocycles. The topological polar surface area (TPSA) is 3.24 Å². The maximum atomic E-state index is 2.52. The molecule has 2 heteroatoms. The molecule has 0 atom stereocenters. The van der Waals surface area contributed by atoms with Crippen LogP contribution in [0.2, 0.25) is 0 Å². The summed E-state index contributed by atoms with van der Waals surface area (Å²) in [4.78, 5) is 2.52. The smallest absolute Gasteiger partial charge is 0.140 e. The van der Waals surface area contributed by atoms with Crippen LogP contribution in [-0.2, 0) is 0 Å². The van der Waals surface area contributed by atoms with Gasteiger partial charge in [0.2, 0.25) is 0 Å². The Bertz CT molecular complexity index is 99.6. The van der Waals surface area contributed by atoms with Gasteiger partial charge in [0, 0.05) is 0 Å². The zero-order valence-corrected chi connectivity index (χ0v) is 5.43. The van der Waals surface area contributed by atoms with Gasteiger partial charge in [0.05, 0.1) is 19.6 Å².